The maximum absolute atomic E-state index is 4.83. The van der Waals surface area contributed by atoms with E-state index in [1.807, 2.05) is 0 Å². The van der Waals surface area contributed by atoms with Crippen molar-refractivity contribution in [2.75, 3.05) is 54.0 Å². The van der Waals surface area contributed by atoms with Crippen molar-refractivity contribution in [1.29, 1.82) is 0 Å². The lowest BCUT2D eigenvalue weighted by atomic mass is 10.3. The summed E-state index contributed by atoms with van der Waals surface area (Å²) in [4.78, 5) is 25.1. The van der Waals surface area contributed by atoms with Crippen molar-refractivity contribution >= 4 is 33.6 Å². The van der Waals surface area contributed by atoms with Crippen molar-refractivity contribution in [3.8, 4) is 0 Å². The summed E-state index contributed by atoms with van der Waals surface area (Å²) in [5.74, 6) is 2.71. The topological polar surface area (TPSA) is 61.3 Å². The molecule has 2 saturated heterocycles. The van der Waals surface area contributed by atoms with E-state index in [9.17, 15) is 0 Å². The number of nitrogens with zero attached hydrogens (tertiary/aromatic N) is 7. The molecule has 0 amide bonds. The first-order valence-electron chi connectivity index (χ1n) is 8.77. The number of aryl methyl sites for hydroxylation is 1. The molecule has 0 atom stereocenters. The summed E-state index contributed by atoms with van der Waals surface area (Å²) in [5, 5.41) is 0. The number of hydrogen-bond donors (Lipinski definition) is 0. The molecule has 0 spiro atoms. The van der Waals surface area contributed by atoms with Crippen LogP contribution in [0.1, 0.15) is 18.5 Å². The predicted molar refractivity (Wildman–Crippen MR) is 102 cm³/mol. The van der Waals surface area contributed by atoms with Crippen LogP contribution >= 0.6 is 15.9 Å². The van der Waals surface area contributed by atoms with Gasteiger partial charge in [0.1, 0.15) is 5.82 Å². The molecule has 2 aromatic rings. The molecule has 2 aliphatic rings. The first kappa shape index (κ1) is 16.5. The van der Waals surface area contributed by atoms with Crippen LogP contribution in [0.25, 0.3) is 0 Å². The SMILES string of the molecule is Cc1cc(N2CCN(c3ncc(Br)cn3)CC2)nc(N2CCCC2)n1. The fourth-order valence-electron chi connectivity index (χ4n) is 3.36. The molecule has 7 nitrogen and oxygen atoms in total. The number of halogens is 1. The van der Waals surface area contributed by atoms with Crippen LogP contribution < -0.4 is 14.7 Å². The molecule has 2 aliphatic heterocycles. The summed E-state index contributed by atoms with van der Waals surface area (Å²) in [6, 6.07) is 2.09. The van der Waals surface area contributed by atoms with Gasteiger partial charge in [0.2, 0.25) is 11.9 Å². The highest BCUT2D eigenvalue weighted by Gasteiger charge is 2.22. The molecule has 2 aromatic heterocycles. The van der Waals surface area contributed by atoms with E-state index in [-0.39, 0.29) is 0 Å². The van der Waals surface area contributed by atoms with Crippen LogP contribution in [0.5, 0.6) is 0 Å². The molecular formula is C17H22BrN7. The molecule has 0 radical (unpaired) electrons. The molecule has 2 fully saturated rings. The average molecular weight is 404 g/mol. The lowest BCUT2D eigenvalue weighted by Gasteiger charge is -2.35. The number of rotatable bonds is 3. The Bertz CT molecular complexity index is 722. The molecule has 132 valence electrons. The van der Waals surface area contributed by atoms with E-state index < -0.39 is 0 Å². The standard InChI is InChI=1S/C17H22BrN7/c1-13-10-15(22-17(21-13)24-4-2-3-5-24)23-6-8-25(9-7-23)16-19-11-14(18)12-20-16/h10-12H,2-9H2,1H3. The highest BCUT2D eigenvalue weighted by atomic mass is 79.9. The van der Waals surface area contributed by atoms with Crippen molar-refractivity contribution in [2.45, 2.75) is 19.8 Å². The van der Waals surface area contributed by atoms with Crippen LogP contribution in [0.2, 0.25) is 0 Å². The van der Waals surface area contributed by atoms with Gasteiger partial charge in [-0.05, 0) is 35.7 Å². The summed E-state index contributed by atoms with van der Waals surface area (Å²) in [6.45, 7) is 7.80. The largest absolute Gasteiger partial charge is 0.353 e. The number of aromatic nitrogens is 4. The van der Waals surface area contributed by atoms with Crippen molar-refractivity contribution in [3.05, 3.63) is 28.6 Å². The Balaban J connectivity index is 1.46. The van der Waals surface area contributed by atoms with Gasteiger partial charge in [0, 0.05) is 63.4 Å². The fourth-order valence-corrected chi connectivity index (χ4v) is 3.57. The molecule has 0 N–H and O–H groups in total. The molecule has 25 heavy (non-hydrogen) atoms. The Morgan fingerprint density at radius 2 is 1.40 bits per heavy atom. The minimum absolute atomic E-state index is 0.791. The Morgan fingerprint density at radius 3 is 2.08 bits per heavy atom. The third-order valence-electron chi connectivity index (χ3n) is 4.71. The zero-order valence-electron chi connectivity index (χ0n) is 14.4. The maximum Gasteiger partial charge on any atom is 0.227 e. The van der Waals surface area contributed by atoms with Gasteiger partial charge in [0.15, 0.2) is 0 Å². The summed E-state index contributed by atoms with van der Waals surface area (Å²) >= 11 is 3.38. The van der Waals surface area contributed by atoms with Gasteiger partial charge < -0.3 is 14.7 Å². The van der Waals surface area contributed by atoms with E-state index in [1.165, 1.54) is 12.8 Å². The van der Waals surface area contributed by atoms with Crippen molar-refractivity contribution in [1.82, 2.24) is 19.9 Å². The molecule has 0 saturated carbocycles. The van der Waals surface area contributed by atoms with Gasteiger partial charge in [-0.3, -0.25) is 0 Å². The number of hydrogen-bond acceptors (Lipinski definition) is 7. The van der Waals surface area contributed by atoms with Gasteiger partial charge in [-0.1, -0.05) is 0 Å². The monoisotopic (exact) mass is 403 g/mol. The summed E-state index contributed by atoms with van der Waals surface area (Å²) in [5.41, 5.74) is 1.03. The fraction of sp³-hybridized carbons (Fsp3) is 0.529. The number of anilines is 3. The van der Waals surface area contributed by atoms with E-state index in [2.05, 4.69) is 58.6 Å². The lowest BCUT2D eigenvalue weighted by molar-refractivity contribution is 0.633. The van der Waals surface area contributed by atoms with Gasteiger partial charge >= 0.3 is 0 Å². The first-order chi connectivity index (χ1) is 12.2. The summed E-state index contributed by atoms with van der Waals surface area (Å²) in [6.07, 6.45) is 6.06. The van der Waals surface area contributed by atoms with E-state index in [1.54, 1.807) is 12.4 Å². The van der Waals surface area contributed by atoms with Crippen molar-refractivity contribution in [2.24, 2.45) is 0 Å². The van der Waals surface area contributed by atoms with E-state index in [0.29, 0.717) is 0 Å². The third kappa shape index (κ3) is 3.68. The van der Waals surface area contributed by atoms with E-state index in [0.717, 1.165) is 67.1 Å². The smallest absolute Gasteiger partial charge is 0.227 e. The normalized spacial score (nSPS) is 18.1. The second-order valence-electron chi connectivity index (χ2n) is 6.54. The quantitative estimate of drug-likeness (QED) is 0.778. The zero-order chi connectivity index (χ0) is 17.2. The summed E-state index contributed by atoms with van der Waals surface area (Å²) in [7, 11) is 0. The molecular weight excluding hydrogens is 382 g/mol. The van der Waals surface area contributed by atoms with E-state index >= 15 is 0 Å². The van der Waals surface area contributed by atoms with Crippen LogP contribution in [-0.2, 0) is 0 Å². The van der Waals surface area contributed by atoms with E-state index in [4.69, 9.17) is 4.98 Å². The second kappa shape index (κ2) is 7.11. The van der Waals surface area contributed by atoms with Gasteiger partial charge in [0.05, 0.1) is 4.47 Å². The van der Waals surface area contributed by atoms with Crippen molar-refractivity contribution in [3.63, 3.8) is 0 Å². The molecule has 0 unspecified atom stereocenters. The average Bonchev–Trinajstić information content (AvgIpc) is 3.17. The van der Waals surface area contributed by atoms with Crippen molar-refractivity contribution < 1.29 is 0 Å². The Hall–Kier alpha value is -1.96. The van der Waals surface area contributed by atoms with Crippen LogP contribution in [0.3, 0.4) is 0 Å². The predicted octanol–water partition coefficient (Wildman–Crippen LogP) is 2.26. The molecule has 0 aliphatic carbocycles. The van der Waals surface area contributed by atoms with Gasteiger partial charge in [0.25, 0.3) is 0 Å². The Kier molecular flexibility index (Phi) is 4.70. The molecule has 8 heteroatoms. The number of piperazine rings is 1. The summed E-state index contributed by atoms with van der Waals surface area (Å²) < 4.78 is 0.904. The third-order valence-corrected chi connectivity index (χ3v) is 5.12. The minimum Gasteiger partial charge on any atom is -0.353 e. The Morgan fingerprint density at radius 1 is 0.800 bits per heavy atom. The van der Waals surface area contributed by atoms with Crippen LogP contribution in [0.4, 0.5) is 17.7 Å². The minimum atomic E-state index is 0.791. The highest BCUT2D eigenvalue weighted by molar-refractivity contribution is 9.10. The van der Waals surface area contributed by atoms with Gasteiger partial charge in [-0.25, -0.2) is 15.0 Å². The zero-order valence-corrected chi connectivity index (χ0v) is 16.0. The maximum atomic E-state index is 4.83. The van der Waals surface area contributed by atoms with Crippen LogP contribution in [-0.4, -0.2) is 59.2 Å². The second-order valence-corrected chi connectivity index (χ2v) is 7.45. The molecule has 4 rings (SSSR count). The first-order valence-corrected chi connectivity index (χ1v) is 9.56. The van der Waals surface area contributed by atoms with Gasteiger partial charge in [-0.15, -0.1) is 0 Å². The molecule has 4 heterocycles. The molecule has 0 bridgehead atoms. The highest BCUT2D eigenvalue weighted by Crippen LogP contribution is 2.22. The lowest BCUT2D eigenvalue weighted by Crippen LogP contribution is -2.47. The molecule has 0 aromatic carbocycles. The van der Waals surface area contributed by atoms with Crippen LogP contribution in [0, 0.1) is 6.92 Å². The van der Waals surface area contributed by atoms with Gasteiger partial charge in [-0.2, -0.15) is 4.98 Å². The Labute approximate surface area is 156 Å². The van der Waals surface area contributed by atoms with Crippen LogP contribution in [0.15, 0.2) is 22.9 Å².